The summed E-state index contributed by atoms with van der Waals surface area (Å²) in [7, 11) is 0. The zero-order valence-corrected chi connectivity index (χ0v) is 15.5. The van der Waals surface area contributed by atoms with Gasteiger partial charge in [-0.25, -0.2) is 0 Å². The highest BCUT2D eigenvalue weighted by Gasteiger charge is 2.38. The van der Waals surface area contributed by atoms with E-state index in [1.54, 1.807) is 0 Å². The third-order valence-electron chi connectivity index (χ3n) is 4.70. The van der Waals surface area contributed by atoms with Crippen LogP contribution >= 0.6 is 23.2 Å². The van der Waals surface area contributed by atoms with Gasteiger partial charge in [0.15, 0.2) is 0 Å². The highest BCUT2D eigenvalue weighted by atomic mass is 35.5. The second-order valence-corrected chi connectivity index (χ2v) is 7.62. The van der Waals surface area contributed by atoms with E-state index in [0.29, 0.717) is 0 Å². The molecule has 0 bridgehead atoms. The zero-order chi connectivity index (χ0) is 17.0. The largest absolute Gasteiger partial charge is 0.396 e. The molecule has 0 spiro atoms. The molecule has 0 radical (unpaired) electrons. The molecule has 0 saturated carbocycles. The van der Waals surface area contributed by atoms with Gasteiger partial charge in [-0.1, -0.05) is 49.2 Å². The molecule has 0 atom stereocenters. The number of aliphatic hydroxyl groups excluding tert-OH is 2. The van der Waals surface area contributed by atoms with Crippen molar-refractivity contribution in [3.05, 3.63) is 44.5 Å². The minimum Gasteiger partial charge on any atom is -0.396 e. The third kappa shape index (κ3) is 3.93. The molecule has 0 aromatic rings. The standard InChI is InChI=1S/C19H26Cl2O2/c1-19(2,17-13(5-3-11-22)7-9-15(17)20)18-14(6-4-12-23)8-10-16(18)21/h7-8,22-23H,3-6,9-12H2,1-2H3. The normalized spacial score (nSPS) is 18.9. The summed E-state index contributed by atoms with van der Waals surface area (Å²) in [5, 5.41) is 20.0. The molecule has 2 nitrogen and oxygen atoms in total. The van der Waals surface area contributed by atoms with Crippen LogP contribution in [0.15, 0.2) is 44.5 Å². The molecular weight excluding hydrogens is 331 g/mol. The van der Waals surface area contributed by atoms with E-state index in [9.17, 15) is 0 Å². The number of allylic oxidation sites excluding steroid dienone is 8. The van der Waals surface area contributed by atoms with Crippen molar-refractivity contribution in [2.24, 2.45) is 5.41 Å². The monoisotopic (exact) mass is 356 g/mol. The lowest BCUT2D eigenvalue weighted by atomic mass is 9.72. The fourth-order valence-electron chi connectivity index (χ4n) is 3.78. The molecule has 4 heteroatoms. The summed E-state index contributed by atoms with van der Waals surface area (Å²) < 4.78 is 0. The number of halogens is 2. The topological polar surface area (TPSA) is 40.5 Å². The average molecular weight is 357 g/mol. The van der Waals surface area contributed by atoms with Crippen LogP contribution in [0.5, 0.6) is 0 Å². The number of hydrogen-bond donors (Lipinski definition) is 2. The Hall–Kier alpha value is -0.540. The molecule has 128 valence electrons. The molecule has 2 aliphatic carbocycles. The van der Waals surface area contributed by atoms with E-state index in [2.05, 4.69) is 26.0 Å². The molecule has 2 aliphatic rings. The van der Waals surface area contributed by atoms with Crippen molar-refractivity contribution in [2.45, 2.75) is 52.4 Å². The quantitative estimate of drug-likeness (QED) is 0.627. The van der Waals surface area contributed by atoms with Crippen LogP contribution in [0.4, 0.5) is 0 Å². The van der Waals surface area contributed by atoms with E-state index < -0.39 is 0 Å². The molecule has 0 unspecified atom stereocenters. The Morgan fingerprint density at radius 2 is 1.26 bits per heavy atom. The lowest BCUT2D eigenvalue weighted by Crippen LogP contribution is -2.21. The van der Waals surface area contributed by atoms with Crippen LogP contribution in [0.1, 0.15) is 52.4 Å². The maximum Gasteiger partial charge on any atom is 0.0434 e. The minimum atomic E-state index is -0.260. The van der Waals surface area contributed by atoms with Crippen molar-refractivity contribution in [1.29, 1.82) is 0 Å². The highest BCUT2D eigenvalue weighted by molar-refractivity contribution is 6.31. The van der Waals surface area contributed by atoms with Gasteiger partial charge in [-0.15, -0.1) is 0 Å². The molecule has 23 heavy (non-hydrogen) atoms. The van der Waals surface area contributed by atoms with Crippen LogP contribution in [-0.2, 0) is 0 Å². The summed E-state index contributed by atoms with van der Waals surface area (Å²) in [6.07, 6.45) is 9.05. The molecule has 0 aromatic carbocycles. The van der Waals surface area contributed by atoms with Gasteiger partial charge >= 0.3 is 0 Å². The molecule has 0 fully saturated rings. The minimum absolute atomic E-state index is 0.188. The Kier molecular flexibility index (Phi) is 6.56. The van der Waals surface area contributed by atoms with E-state index in [4.69, 9.17) is 33.4 Å². The van der Waals surface area contributed by atoms with Crippen molar-refractivity contribution < 1.29 is 10.2 Å². The summed E-state index contributed by atoms with van der Waals surface area (Å²) in [5.74, 6) is 0. The average Bonchev–Trinajstić information content (AvgIpc) is 3.06. The first kappa shape index (κ1) is 18.8. The molecule has 2 rings (SSSR count). The molecule has 0 heterocycles. The number of rotatable bonds is 8. The molecule has 2 N–H and O–H groups in total. The highest BCUT2D eigenvalue weighted by Crippen LogP contribution is 2.52. The molecule has 0 amide bonds. The van der Waals surface area contributed by atoms with Crippen molar-refractivity contribution in [3.63, 3.8) is 0 Å². The van der Waals surface area contributed by atoms with Gasteiger partial charge in [0.05, 0.1) is 0 Å². The summed E-state index contributed by atoms with van der Waals surface area (Å²) >= 11 is 13.1. The van der Waals surface area contributed by atoms with Crippen molar-refractivity contribution in [3.8, 4) is 0 Å². The fourth-order valence-corrected chi connectivity index (χ4v) is 4.65. The predicted molar refractivity (Wildman–Crippen MR) is 97.6 cm³/mol. The maximum atomic E-state index is 9.13. The first-order chi connectivity index (χ1) is 10.9. The van der Waals surface area contributed by atoms with Gasteiger partial charge in [0.25, 0.3) is 0 Å². The van der Waals surface area contributed by atoms with Crippen LogP contribution in [0, 0.1) is 5.41 Å². The van der Waals surface area contributed by atoms with Gasteiger partial charge in [0.2, 0.25) is 0 Å². The van der Waals surface area contributed by atoms with Crippen molar-refractivity contribution >= 4 is 23.2 Å². The third-order valence-corrected chi connectivity index (χ3v) is 5.39. The van der Waals surface area contributed by atoms with E-state index in [-0.39, 0.29) is 18.6 Å². The van der Waals surface area contributed by atoms with E-state index in [0.717, 1.165) is 59.7 Å². The fraction of sp³-hybridized carbons (Fsp3) is 0.579. The SMILES string of the molecule is CC(C)(C1=C(Cl)CC=C1CCCO)C1=C(Cl)CC=C1CCCO. The smallest absolute Gasteiger partial charge is 0.0434 e. The summed E-state index contributed by atoms with van der Waals surface area (Å²) in [6, 6.07) is 0. The van der Waals surface area contributed by atoms with E-state index >= 15 is 0 Å². The van der Waals surface area contributed by atoms with Gasteiger partial charge in [-0.3, -0.25) is 0 Å². The van der Waals surface area contributed by atoms with Gasteiger partial charge < -0.3 is 10.2 Å². The van der Waals surface area contributed by atoms with Crippen LogP contribution < -0.4 is 0 Å². The van der Waals surface area contributed by atoms with Crippen LogP contribution in [0.2, 0.25) is 0 Å². The maximum absolute atomic E-state index is 9.13. The molecule has 0 aliphatic heterocycles. The van der Waals surface area contributed by atoms with Gasteiger partial charge in [0, 0.05) is 41.5 Å². The lowest BCUT2D eigenvalue weighted by Gasteiger charge is -2.33. The summed E-state index contributed by atoms with van der Waals surface area (Å²) in [5.41, 5.74) is 4.54. The lowest BCUT2D eigenvalue weighted by molar-refractivity contribution is 0.288. The predicted octanol–water partition coefficient (Wildman–Crippen LogP) is 5.20. The second-order valence-electron chi connectivity index (χ2n) is 6.71. The Bertz CT molecular complexity index is 530. The first-order valence-electron chi connectivity index (χ1n) is 8.32. The van der Waals surface area contributed by atoms with Crippen molar-refractivity contribution in [1.82, 2.24) is 0 Å². The second kappa shape index (κ2) is 8.02. The Morgan fingerprint density at radius 1 is 0.870 bits per heavy atom. The van der Waals surface area contributed by atoms with Crippen LogP contribution in [-0.4, -0.2) is 23.4 Å². The Balaban J connectivity index is 2.33. The zero-order valence-electron chi connectivity index (χ0n) is 14.0. The van der Waals surface area contributed by atoms with E-state index in [1.807, 2.05) is 0 Å². The Morgan fingerprint density at radius 3 is 1.61 bits per heavy atom. The molecule has 0 saturated heterocycles. The molecule has 0 aromatic heterocycles. The first-order valence-corrected chi connectivity index (χ1v) is 9.07. The summed E-state index contributed by atoms with van der Waals surface area (Å²) in [4.78, 5) is 0. The van der Waals surface area contributed by atoms with Crippen LogP contribution in [0.25, 0.3) is 0 Å². The van der Waals surface area contributed by atoms with Gasteiger partial charge in [0.1, 0.15) is 0 Å². The Labute approximate surface area is 149 Å². The van der Waals surface area contributed by atoms with E-state index in [1.165, 1.54) is 11.1 Å². The van der Waals surface area contributed by atoms with Crippen molar-refractivity contribution in [2.75, 3.05) is 13.2 Å². The molecular formula is C19H26Cl2O2. The van der Waals surface area contributed by atoms with Crippen LogP contribution in [0.3, 0.4) is 0 Å². The number of hydrogen-bond acceptors (Lipinski definition) is 2. The van der Waals surface area contributed by atoms with Gasteiger partial charge in [-0.05, 0) is 48.0 Å². The summed E-state index contributed by atoms with van der Waals surface area (Å²) in [6.45, 7) is 4.73. The number of aliphatic hydroxyl groups is 2. The van der Waals surface area contributed by atoms with Gasteiger partial charge in [-0.2, -0.15) is 0 Å².